The van der Waals surface area contributed by atoms with E-state index in [1.165, 1.54) is 25.3 Å². The molecule has 0 aliphatic rings. The van der Waals surface area contributed by atoms with E-state index >= 15 is 0 Å². The minimum Gasteiger partial charge on any atom is -0.496 e. The second-order valence-electron chi connectivity index (χ2n) is 2.51. The van der Waals surface area contributed by atoms with Gasteiger partial charge in [-0.3, -0.25) is 10.1 Å². The monoisotopic (exact) mass is 212 g/mol. The van der Waals surface area contributed by atoms with Crippen LogP contribution in [0.3, 0.4) is 0 Å². The van der Waals surface area contributed by atoms with Gasteiger partial charge >= 0.3 is 0 Å². The van der Waals surface area contributed by atoms with E-state index in [0.717, 1.165) is 0 Å². The highest BCUT2D eigenvalue weighted by molar-refractivity contribution is 7.80. The molecule has 0 aliphatic heterocycles. The van der Waals surface area contributed by atoms with Crippen LogP contribution in [-0.2, 0) is 0 Å². The molecule has 0 bridgehead atoms. The van der Waals surface area contributed by atoms with Crippen molar-refractivity contribution in [2.24, 2.45) is 5.73 Å². The topological polar surface area (TPSA) is 78.4 Å². The number of non-ortho nitro benzene ring substituents is 1. The average Bonchev–Trinajstić information content (AvgIpc) is 2.16. The molecule has 1 rings (SSSR count). The number of nitrogens with zero attached hydrogens (tertiary/aromatic N) is 1. The van der Waals surface area contributed by atoms with Crippen LogP contribution in [0.1, 0.15) is 5.56 Å². The van der Waals surface area contributed by atoms with Crippen LogP contribution < -0.4 is 10.5 Å². The summed E-state index contributed by atoms with van der Waals surface area (Å²) in [7, 11) is 1.40. The molecule has 2 N–H and O–H groups in total. The van der Waals surface area contributed by atoms with Crippen molar-refractivity contribution >= 4 is 22.9 Å². The third-order valence-corrected chi connectivity index (χ3v) is 1.88. The predicted octanol–water partition coefficient (Wildman–Crippen LogP) is 1.24. The fourth-order valence-corrected chi connectivity index (χ4v) is 1.17. The Morgan fingerprint density at radius 3 is 2.71 bits per heavy atom. The SMILES string of the molecule is COc1cc([N+](=O)[O-])ccc1C(N)=S. The average molecular weight is 212 g/mol. The van der Waals surface area contributed by atoms with Gasteiger partial charge in [0.2, 0.25) is 0 Å². The second-order valence-corrected chi connectivity index (χ2v) is 2.95. The first-order chi connectivity index (χ1) is 6.56. The fourth-order valence-electron chi connectivity index (χ4n) is 0.997. The number of methoxy groups -OCH3 is 1. The zero-order valence-corrected chi connectivity index (χ0v) is 8.21. The Balaban J connectivity index is 3.25. The van der Waals surface area contributed by atoms with Crippen LogP contribution in [0.4, 0.5) is 5.69 Å². The maximum Gasteiger partial charge on any atom is 0.273 e. The van der Waals surface area contributed by atoms with Gasteiger partial charge in [-0.1, -0.05) is 12.2 Å². The molecule has 74 valence electrons. The van der Waals surface area contributed by atoms with Crippen molar-refractivity contribution < 1.29 is 9.66 Å². The van der Waals surface area contributed by atoms with Gasteiger partial charge in [-0.15, -0.1) is 0 Å². The van der Waals surface area contributed by atoms with Crippen molar-refractivity contribution in [2.45, 2.75) is 0 Å². The number of thiocarbonyl (C=S) groups is 1. The second kappa shape index (κ2) is 4.01. The number of hydrogen-bond donors (Lipinski definition) is 1. The summed E-state index contributed by atoms with van der Waals surface area (Å²) in [6.45, 7) is 0. The van der Waals surface area contributed by atoms with Gasteiger partial charge in [0, 0.05) is 6.07 Å². The third-order valence-electron chi connectivity index (χ3n) is 1.66. The first kappa shape index (κ1) is 10.4. The lowest BCUT2D eigenvalue weighted by Gasteiger charge is -2.05. The van der Waals surface area contributed by atoms with E-state index in [0.29, 0.717) is 11.3 Å². The van der Waals surface area contributed by atoms with E-state index in [9.17, 15) is 10.1 Å². The van der Waals surface area contributed by atoms with Gasteiger partial charge in [0.25, 0.3) is 5.69 Å². The Bertz CT molecular complexity index is 392. The van der Waals surface area contributed by atoms with Crippen LogP contribution in [0.2, 0.25) is 0 Å². The lowest BCUT2D eigenvalue weighted by atomic mass is 10.2. The van der Waals surface area contributed by atoms with Crippen LogP contribution in [0, 0.1) is 10.1 Å². The summed E-state index contributed by atoms with van der Waals surface area (Å²) < 4.78 is 4.93. The van der Waals surface area contributed by atoms with Gasteiger partial charge in [0.05, 0.1) is 23.7 Å². The minimum absolute atomic E-state index is 0.0538. The molecular formula is C8H8N2O3S. The highest BCUT2D eigenvalue weighted by Gasteiger charge is 2.12. The zero-order valence-electron chi connectivity index (χ0n) is 7.39. The van der Waals surface area contributed by atoms with Crippen LogP contribution in [0.15, 0.2) is 18.2 Å². The van der Waals surface area contributed by atoms with Crippen molar-refractivity contribution in [1.29, 1.82) is 0 Å². The normalized spacial score (nSPS) is 9.50. The van der Waals surface area contributed by atoms with E-state index in [1.54, 1.807) is 0 Å². The molecule has 0 saturated carbocycles. The Morgan fingerprint density at radius 1 is 1.64 bits per heavy atom. The van der Waals surface area contributed by atoms with E-state index < -0.39 is 4.92 Å². The molecule has 0 radical (unpaired) electrons. The van der Waals surface area contributed by atoms with Crippen molar-refractivity contribution in [3.05, 3.63) is 33.9 Å². The summed E-state index contributed by atoms with van der Waals surface area (Å²) in [4.78, 5) is 10.1. The molecule has 5 nitrogen and oxygen atoms in total. The van der Waals surface area contributed by atoms with Crippen molar-refractivity contribution in [1.82, 2.24) is 0 Å². The molecule has 1 aromatic rings. The molecule has 0 unspecified atom stereocenters. The summed E-state index contributed by atoms with van der Waals surface area (Å²) in [5, 5.41) is 10.4. The fraction of sp³-hybridized carbons (Fsp3) is 0.125. The van der Waals surface area contributed by atoms with Crippen LogP contribution >= 0.6 is 12.2 Å². The Morgan fingerprint density at radius 2 is 2.29 bits per heavy atom. The predicted molar refractivity (Wildman–Crippen MR) is 55.5 cm³/mol. The zero-order chi connectivity index (χ0) is 10.7. The number of nitrogens with two attached hydrogens (primary N) is 1. The number of benzene rings is 1. The lowest BCUT2D eigenvalue weighted by Crippen LogP contribution is -2.11. The molecule has 0 saturated heterocycles. The van der Waals surface area contributed by atoms with Crippen molar-refractivity contribution in [3.63, 3.8) is 0 Å². The highest BCUT2D eigenvalue weighted by atomic mass is 32.1. The van der Waals surface area contributed by atoms with Gasteiger partial charge in [-0.05, 0) is 6.07 Å². The standard InChI is InChI=1S/C8H8N2O3S/c1-13-7-4-5(10(11)12)2-3-6(7)8(9)14/h2-4H,1H3,(H2,9,14). The van der Waals surface area contributed by atoms with Crippen LogP contribution in [-0.4, -0.2) is 17.0 Å². The smallest absolute Gasteiger partial charge is 0.273 e. The molecule has 14 heavy (non-hydrogen) atoms. The van der Waals surface area contributed by atoms with E-state index in [-0.39, 0.29) is 10.7 Å². The summed E-state index contributed by atoms with van der Waals surface area (Å²) >= 11 is 4.75. The Labute approximate surface area is 85.6 Å². The quantitative estimate of drug-likeness (QED) is 0.463. The number of nitro benzene ring substituents is 1. The van der Waals surface area contributed by atoms with Gasteiger partial charge < -0.3 is 10.5 Å². The Hall–Kier alpha value is -1.69. The molecule has 1 aromatic carbocycles. The summed E-state index contributed by atoms with van der Waals surface area (Å²) in [5.74, 6) is 0.312. The van der Waals surface area contributed by atoms with E-state index in [1.807, 2.05) is 0 Å². The first-order valence-corrected chi connectivity index (χ1v) is 4.09. The number of ether oxygens (including phenoxy) is 1. The van der Waals surface area contributed by atoms with Crippen molar-refractivity contribution in [3.8, 4) is 5.75 Å². The summed E-state index contributed by atoms with van der Waals surface area (Å²) in [5.41, 5.74) is 5.84. The molecule has 0 heterocycles. The lowest BCUT2D eigenvalue weighted by molar-refractivity contribution is -0.384. The van der Waals surface area contributed by atoms with Crippen molar-refractivity contribution in [2.75, 3.05) is 7.11 Å². The van der Waals surface area contributed by atoms with Crippen LogP contribution in [0.5, 0.6) is 5.75 Å². The van der Waals surface area contributed by atoms with Gasteiger partial charge in [0.15, 0.2) is 0 Å². The number of hydrogen-bond acceptors (Lipinski definition) is 4. The van der Waals surface area contributed by atoms with E-state index in [2.05, 4.69) is 0 Å². The number of rotatable bonds is 3. The third kappa shape index (κ3) is 1.97. The number of nitro groups is 1. The molecule has 0 spiro atoms. The maximum atomic E-state index is 10.4. The first-order valence-electron chi connectivity index (χ1n) is 3.68. The molecule has 6 heteroatoms. The van der Waals surface area contributed by atoms with Gasteiger partial charge in [-0.2, -0.15) is 0 Å². The maximum absolute atomic E-state index is 10.4. The molecule has 0 aromatic heterocycles. The molecule has 0 aliphatic carbocycles. The van der Waals surface area contributed by atoms with Gasteiger partial charge in [-0.25, -0.2) is 0 Å². The minimum atomic E-state index is -0.508. The molecule has 0 fully saturated rings. The van der Waals surface area contributed by atoms with Crippen LogP contribution in [0.25, 0.3) is 0 Å². The van der Waals surface area contributed by atoms with Gasteiger partial charge in [0.1, 0.15) is 10.7 Å². The summed E-state index contributed by atoms with van der Waals surface area (Å²) in [6, 6.07) is 4.09. The molecule has 0 amide bonds. The Kier molecular flexibility index (Phi) is 2.98. The van der Waals surface area contributed by atoms with E-state index in [4.69, 9.17) is 22.7 Å². The largest absolute Gasteiger partial charge is 0.496 e. The highest BCUT2D eigenvalue weighted by Crippen LogP contribution is 2.24. The molecule has 0 atom stereocenters. The summed E-state index contributed by atoms with van der Waals surface area (Å²) in [6.07, 6.45) is 0. The molecular weight excluding hydrogens is 204 g/mol.